The van der Waals surface area contributed by atoms with E-state index in [0.29, 0.717) is 27.5 Å². The van der Waals surface area contributed by atoms with Gasteiger partial charge >= 0.3 is 0 Å². The van der Waals surface area contributed by atoms with Gasteiger partial charge in [0.25, 0.3) is 12.4 Å². The second-order valence-corrected chi connectivity index (χ2v) is 4.88. The van der Waals surface area contributed by atoms with Gasteiger partial charge in [-0.15, -0.1) is 0 Å². The van der Waals surface area contributed by atoms with Gasteiger partial charge in [-0.3, -0.25) is 14.4 Å². The summed E-state index contributed by atoms with van der Waals surface area (Å²) in [5, 5.41) is 13.1. The molecule has 2 rings (SSSR count). The van der Waals surface area contributed by atoms with Crippen molar-refractivity contribution in [1.29, 1.82) is 0 Å². The van der Waals surface area contributed by atoms with Gasteiger partial charge in [-0.2, -0.15) is 0 Å². The first-order chi connectivity index (χ1) is 11.4. The third-order valence-electron chi connectivity index (χ3n) is 2.90. The molecule has 0 aromatic heterocycles. The monoisotopic (exact) mass is 349 g/mol. The first kappa shape index (κ1) is 19.0. The summed E-state index contributed by atoms with van der Waals surface area (Å²) in [5.41, 5.74) is 7.37. The number of primary amides is 1. The van der Waals surface area contributed by atoms with Crippen LogP contribution in [0.4, 0.5) is 11.4 Å². The molecule has 2 aromatic rings. The number of benzene rings is 2. The number of amides is 2. The number of carbonyl (C=O) groups is 3. The van der Waals surface area contributed by atoms with Crippen molar-refractivity contribution < 1.29 is 19.5 Å². The minimum Gasteiger partial charge on any atom is -0.483 e. The molecule has 0 spiro atoms. The number of hydrogen-bond donors (Lipinski definition) is 4. The topological polar surface area (TPSA) is 122 Å². The number of halogens is 1. The van der Waals surface area contributed by atoms with Gasteiger partial charge in [0, 0.05) is 23.3 Å². The molecule has 0 aliphatic heterocycles. The standard InChI is InChI=1S/C15H14ClN3O2.CH2O2/c1-18-15(21)12-7-4-10(16)8-13(12)19-11-5-2-9(3-6-11)14(17)20;2-1-3/h2-8,19H,1H3,(H2,17,20)(H,18,21);1H,(H,2,3). The van der Waals surface area contributed by atoms with Crippen molar-refractivity contribution in [2.24, 2.45) is 5.73 Å². The summed E-state index contributed by atoms with van der Waals surface area (Å²) in [5.74, 6) is -0.710. The lowest BCUT2D eigenvalue weighted by molar-refractivity contribution is -0.122. The molecule has 0 bridgehead atoms. The van der Waals surface area contributed by atoms with E-state index in [4.69, 9.17) is 27.2 Å². The van der Waals surface area contributed by atoms with Crippen molar-refractivity contribution in [2.75, 3.05) is 12.4 Å². The van der Waals surface area contributed by atoms with E-state index in [9.17, 15) is 9.59 Å². The summed E-state index contributed by atoms with van der Waals surface area (Å²) in [7, 11) is 1.56. The van der Waals surface area contributed by atoms with Crippen LogP contribution in [0.1, 0.15) is 20.7 Å². The molecule has 0 aliphatic rings. The molecule has 24 heavy (non-hydrogen) atoms. The third kappa shape index (κ3) is 5.29. The minimum atomic E-state index is -0.490. The molecule has 5 N–H and O–H groups in total. The Kier molecular flexibility index (Phi) is 7.25. The third-order valence-corrected chi connectivity index (χ3v) is 3.14. The van der Waals surface area contributed by atoms with Crippen molar-refractivity contribution in [3.05, 3.63) is 58.6 Å². The lowest BCUT2D eigenvalue weighted by atomic mass is 10.1. The Morgan fingerprint density at radius 3 is 2.25 bits per heavy atom. The largest absolute Gasteiger partial charge is 0.483 e. The fraction of sp³-hybridized carbons (Fsp3) is 0.0625. The Hall–Kier alpha value is -3.06. The van der Waals surface area contributed by atoms with Crippen LogP contribution in [0.15, 0.2) is 42.5 Å². The second kappa shape index (κ2) is 9.16. The highest BCUT2D eigenvalue weighted by molar-refractivity contribution is 6.31. The Morgan fingerprint density at radius 1 is 1.17 bits per heavy atom. The zero-order valence-corrected chi connectivity index (χ0v) is 13.5. The van der Waals surface area contributed by atoms with E-state index in [-0.39, 0.29) is 12.4 Å². The van der Waals surface area contributed by atoms with Crippen LogP contribution < -0.4 is 16.4 Å². The van der Waals surface area contributed by atoms with Crippen LogP contribution in [-0.2, 0) is 4.79 Å². The molecule has 2 amide bonds. The zero-order chi connectivity index (χ0) is 18.1. The Balaban J connectivity index is 0.000000891. The molecule has 0 saturated heterocycles. The first-order valence-electron chi connectivity index (χ1n) is 6.69. The predicted molar refractivity (Wildman–Crippen MR) is 91.8 cm³/mol. The van der Waals surface area contributed by atoms with E-state index in [1.165, 1.54) is 0 Å². The lowest BCUT2D eigenvalue weighted by Gasteiger charge is -2.12. The van der Waals surface area contributed by atoms with Crippen LogP contribution in [-0.4, -0.2) is 30.4 Å². The van der Waals surface area contributed by atoms with Gasteiger partial charge in [-0.25, -0.2) is 0 Å². The smallest absolute Gasteiger partial charge is 0.290 e. The summed E-state index contributed by atoms with van der Waals surface area (Å²) in [6, 6.07) is 11.6. The molecule has 2 aromatic carbocycles. The molecule has 0 fully saturated rings. The summed E-state index contributed by atoms with van der Waals surface area (Å²) < 4.78 is 0. The number of nitrogens with two attached hydrogens (primary N) is 1. The molecule has 0 saturated carbocycles. The van der Waals surface area contributed by atoms with Gasteiger partial charge in [0.1, 0.15) is 0 Å². The van der Waals surface area contributed by atoms with Gasteiger partial charge in [0.15, 0.2) is 0 Å². The average Bonchev–Trinajstić information content (AvgIpc) is 2.55. The highest BCUT2D eigenvalue weighted by Gasteiger charge is 2.11. The van der Waals surface area contributed by atoms with Crippen molar-refractivity contribution >= 4 is 41.3 Å². The maximum atomic E-state index is 11.8. The van der Waals surface area contributed by atoms with Crippen LogP contribution in [0.2, 0.25) is 5.02 Å². The minimum absolute atomic E-state index is 0.220. The van der Waals surface area contributed by atoms with Gasteiger partial charge in [-0.05, 0) is 42.5 Å². The normalized spacial score (nSPS) is 9.25. The summed E-state index contributed by atoms with van der Waals surface area (Å²) >= 11 is 5.96. The molecular formula is C16H16ClN3O4. The van der Waals surface area contributed by atoms with Crippen molar-refractivity contribution in [3.63, 3.8) is 0 Å². The van der Waals surface area contributed by atoms with Crippen LogP contribution in [0.5, 0.6) is 0 Å². The molecule has 0 heterocycles. The summed E-state index contributed by atoms with van der Waals surface area (Å²) in [6.07, 6.45) is 0. The average molecular weight is 350 g/mol. The Bertz CT molecular complexity index is 733. The van der Waals surface area contributed by atoms with Gasteiger partial charge in [-0.1, -0.05) is 11.6 Å². The van der Waals surface area contributed by atoms with E-state index in [1.807, 2.05) is 0 Å². The number of carbonyl (C=O) groups excluding carboxylic acids is 2. The van der Waals surface area contributed by atoms with E-state index < -0.39 is 5.91 Å². The van der Waals surface area contributed by atoms with E-state index in [0.717, 1.165) is 0 Å². The predicted octanol–water partition coefficient (Wildman–Crippen LogP) is 2.24. The SMILES string of the molecule is CNC(=O)c1ccc(Cl)cc1Nc1ccc(C(N)=O)cc1.O=CO. The van der Waals surface area contributed by atoms with Crippen molar-refractivity contribution in [2.45, 2.75) is 0 Å². The fourth-order valence-electron chi connectivity index (χ4n) is 1.83. The number of carboxylic acid groups (broad SMARTS) is 1. The molecular weight excluding hydrogens is 334 g/mol. The number of nitrogens with one attached hydrogen (secondary N) is 2. The molecule has 8 heteroatoms. The molecule has 0 aliphatic carbocycles. The van der Waals surface area contributed by atoms with Gasteiger partial charge in [0.2, 0.25) is 5.91 Å². The maximum Gasteiger partial charge on any atom is 0.290 e. The molecule has 7 nitrogen and oxygen atoms in total. The van der Waals surface area contributed by atoms with Gasteiger partial charge in [0.05, 0.1) is 11.3 Å². The van der Waals surface area contributed by atoms with E-state index >= 15 is 0 Å². The second-order valence-electron chi connectivity index (χ2n) is 4.44. The van der Waals surface area contributed by atoms with Crippen LogP contribution in [0.3, 0.4) is 0 Å². The van der Waals surface area contributed by atoms with Crippen molar-refractivity contribution in [3.8, 4) is 0 Å². The Morgan fingerprint density at radius 2 is 1.75 bits per heavy atom. The lowest BCUT2D eigenvalue weighted by Crippen LogP contribution is -2.19. The zero-order valence-electron chi connectivity index (χ0n) is 12.7. The number of anilines is 2. The van der Waals surface area contributed by atoms with Gasteiger partial charge < -0.3 is 21.5 Å². The molecule has 126 valence electrons. The maximum absolute atomic E-state index is 11.8. The summed E-state index contributed by atoms with van der Waals surface area (Å²) in [6.45, 7) is -0.250. The first-order valence-corrected chi connectivity index (χ1v) is 7.07. The van der Waals surface area contributed by atoms with Crippen molar-refractivity contribution in [1.82, 2.24) is 5.32 Å². The Labute approximate surface area is 143 Å². The van der Waals surface area contributed by atoms with E-state index in [2.05, 4.69) is 10.6 Å². The fourth-order valence-corrected chi connectivity index (χ4v) is 2.00. The number of rotatable bonds is 4. The van der Waals surface area contributed by atoms with Crippen LogP contribution in [0.25, 0.3) is 0 Å². The molecule has 0 unspecified atom stereocenters. The molecule has 0 radical (unpaired) electrons. The van der Waals surface area contributed by atoms with Crippen LogP contribution in [0, 0.1) is 0 Å². The highest BCUT2D eigenvalue weighted by Crippen LogP contribution is 2.25. The molecule has 0 atom stereocenters. The summed E-state index contributed by atoms with van der Waals surface area (Å²) in [4.78, 5) is 31.2. The van der Waals surface area contributed by atoms with Crippen LogP contribution >= 0.6 is 11.6 Å². The van der Waals surface area contributed by atoms with E-state index in [1.54, 1.807) is 49.5 Å². The quantitative estimate of drug-likeness (QED) is 0.631. The number of hydrogen-bond acceptors (Lipinski definition) is 4. The highest BCUT2D eigenvalue weighted by atomic mass is 35.5.